The van der Waals surface area contributed by atoms with E-state index >= 15 is 0 Å². The zero-order valence-electron chi connectivity index (χ0n) is 6.34. The lowest BCUT2D eigenvalue weighted by Crippen LogP contribution is -2.10. The first-order valence-corrected chi connectivity index (χ1v) is 5.05. The number of hydrogen-bond donors (Lipinski definition) is 2. The molecule has 1 heterocycles. The molecule has 0 fully saturated rings. The van der Waals surface area contributed by atoms with Gasteiger partial charge in [-0.15, -0.1) is 11.3 Å². The zero-order chi connectivity index (χ0) is 8.43. The van der Waals surface area contributed by atoms with E-state index in [0.717, 1.165) is 14.9 Å². The fraction of sp³-hybridized carbons (Fsp3) is 0.333. The van der Waals surface area contributed by atoms with Gasteiger partial charge in [-0.2, -0.15) is 0 Å². The summed E-state index contributed by atoms with van der Waals surface area (Å²) >= 11 is 3.05. The molecule has 0 amide bonds. The van der Waals surface area contributed by atoms with Gasteiger partial charge in [0.1, 0.15) is 5.84 Å². The Morgan fingerprint density at radius 1 is 1.73 bits per heavy atom. The third kappa shape index (κ3) is 1.72. The summed E-state index contributed by atoms with van der Waals surface area (Å²) in [4.78, 5) is 5.00. The summed E-state index contributed by atoms with van der Waals surface area (Å²) in [5.74, 6) is 0.111. The van der Waals surface area contributed by atoms with Crippen molar-refractivity contribution in [2.24, 2.45) is 5.73 Å². The maximum atomic E-state index is 7.20. The van der Waals surface area contributed by atoms with E-state index in [4.69, 9.17) is 11.1 Å². The maximum Gasteiger partial charge on any atom is 0.150 e. The van der Waals surface area contributed by atoms with Crippen LogP contribution < -0.4 is 5.73 Å². The summed E-state index contributed by atoms with van der Waals surface area (Å²) in [6.07, 6.45) is 1.96. The molecule has 11 heavy (non-hydrogen) atoms. The number of nitrogens with two attached hydrogens (primary N) is 1. The van der Waals surface area contributed by atoms with Crippen LogP contribution in [0.25, 0.3) is 0 Å². The fourth-order valence-corrected chi connectivity index (χ4v) is 2.18. The lowest BCUT2D eigenvalue weighted by Gasteiger charge is -1.89. The molecule has 60 valence electrons. The summed E-state index contributed by atoms with van der Waals surface area (Å²) in [5, 5.41) is 7.20. The van der Waals surface area contributed by atoms with Crippen molar-refractivity contribution in [3.8, 4) is 0 Å². The molecule has 5 heteroatoms. The Morgan fingerprint density at radius 3 is 2.64 bits per heavy atom. The molecule has 0 saturated heterocycles. The average Bonchev–Trinajstić information content (AvgIpc) is 2.30. The number of nitrogens with one attached hydrogen (secondary N) is 1. The SMILES string of the molecule is CSc1nc(C)c(C(=N)N)s1. The third-order valence-corrected chi connectivity index (χ3v) is 3.37. The van der Waals surface area contributed by atoms with Crippen LogP contribution in [0.1, 0.15) is 10.6 Å². The molecule has 0 aliphatic rings. The highest BCUT2D eigenvalue weighted by Crippen LogP contribution is 2.24. The highest BCUT2D eigenvalue weighted by atomic mass is 32.2. The largest absolute Gasteiger partial charge is 0.383 e. The van der Waals surface area contributed by atoms with Crippen molar-refractivity contribution in [2.45, 2.75) is 11.3 Å². The molecule has 0 bridgehead atoms. The van der Waals surface area contributed by atoms with Gasteiger partial charge >= 0.3 is 0 Å². The smallest absolute Gasteiger partial charge is 0.150 e. The molecule has 1 aromatic rings. The van der Waals surface area contributed by atoms with Crippen LogP contribution in [0, 0.1) is 12.3 Å². The van der Waals surface area contributed by atoms with Gasteiger partial charge in [0.05, 0.1) is 10.6 Å². The molecular formula is C6H9N3S2. The molecule has 0 aliphatic heterocycles. The Kier molecular flexibility index (Phi) is 2.51. The summed E-state index contributed by atoms with van der Waals surface area (Å²) in [6, 6.07) is 0. The van der Waals surface area contributed by atoms with E-state index < -0.39 is 0 Å². The highest BCUT2D eigenvalue weighted by Gasteiger charge is 2.08. The minimum atomic E-state index is 0.111. The minimum absolute atomic E-state index is 0.111. The van der Waals surface area contributed by atoms with Crippen LogP contribution in [0.5, 0.6) is 0 Å². The van der Waals surface area contributed by atoms with Crippen molar-refractivity contribution >= 4 is 28.9 Å². The van der Waals surface area contributed by atoms with Crippen molar-refractivity contribution in [1.82, 2.24) is 4.98 Å². The number of amidine groups is 1. The zero-order valence-corrected chi connectivity index (χ0v) is 7.97. The molecule has 0 atom stereocenters. The monoisotopic (exact) mass is 187 g/mol. The molecule has 1 rings (SSSR count). The van der Waals surface area contributed by atoms with Crippen LogP contribution in [-0.2, 0) is 0 Å². The Hall–Kier alpha value is -0.550. The van der Waals surface area contributed by atoms with Gasteiger partial charge in [-0.05, 0) is 13.2 Å². The Balaban J connectivity index is 3.07. The first-order valence-electron chi connectivity index (χ1n) is 3.01. The number of thiazole rings is 1. The van der Waals surface area contributed by atoms with Gasteiger partial charge < -0.3 is 5.73 Å². The molecule has 1 aromatic heterocycles. The van der Waals surface area contributed by atoms with Gasteiger partial charge in [0.15, 0.2) is 4.34 Å². The molecule has 0 radical (unpaired) electrons. The van der Waals surface area contributed by atoms with Crippen molar-refractivity contribution in [2.75, 3.05) is 6.26 Å². The molecule has 0 saturated carbocycles. The number of nitrogens with zero attached hydrogens (tertiary/aromatic N) is 1. The van der Waals surface area contributed by atoms with E-state index in [1.54, 1.807) is 11.8 Å². The van der Waals surface area contributed by atoms with Gasteiger partial charge in [-0.1, -0.05) is 11.8 Å². The number of aromatic nitrogens is 1. The van der Waals surface area contributed by atoms with Crippen LogP contribution >= 0.6 is 23.1 Å². The van der Waals surface area contributed by atoms with Gasteiger partial charge in [0.2, 0.25) is 0 Å². The minimum Gasteiger partial charge on any atom is -0.383 e. The Morgan fingerprint density at radius 2 is 2.36 bits per heavy atom. The molecule has 0 unspecified atom stereocenters. The van der Waals surface area contributed by atoms with Crippen LogP contribution in [-0.4, -0.2) is 17.1 Å². The standard InChI is InChI=1S/C6H9N3S2/c1-3-4(5(7)8)11-6(9-3)10-2/h1-2H3,(H3,7,8). The lowest BCUT2D eigenvalue weighted by molar-refractivity contribution is 1.15. The van der Waals surface area contributed by atoms with Gasteiger partial charge in [0.25, 0.3) is 0 Å². The summed E-state index contributed by atoms with van der Waals surface area (Å²) in [6.45, 7) is 1.87. The fourth-order valence-electron chi connectivity index (χ4n) is 0.709. The van der Waals surface area contributed by atoms with Crippen molar-refractivity contribution < 1.29 is 0 Å². The van der Waals surface area contributed by atoms with Crippen LogP contribution in [0.4, 0.5) is 0 Å². The van der Waals surface area contributed by atoms with E-state index in [1.165, 1.54) is 11.3 Å². The van der Waals surface area contributed by atoms with E-state index in [0.29, 0.717) is 0 Å². The topological polar surface area (TPSA) is 62.8 Å². The van der Waals surface area contributed by atoms with Crippen molar-refractivity contribution in [3.05, 3.63) is 10.6 Å². The van der Waals surface area contributed by atoms with Crippen LogP contribution in [0.3, 0.4) is 0 Å². The van der Waals surface area contributed by atoms with E-state index in [2.05, 4.69) is 4.98 Å². The number of hydrogen-bond acceptors (Lipinski definition) is 4. The lowest BCUT2D eigenvalue weighted by atomic mass is 10.4. The maximum absolute atomic E-state index is 7.20. The van der Waals surface area contributed by atoms with Crippen molar-refractivity contribution in [1.29, 1.82) is 5.41 Å². The van der Waals surface area contributed by atoms with E-state index in [1.807, 2.05) is 13.2 Å². The number of nitrogen functional groups attached to an aromatic ring is 1. The second kappa shape index (κ2) is 3.23. The normalized spacial score (nSPS) is 10.0. The second-order valence-electron chi connectivity index (χ2n) is 2.01. The molecule has 0 aliphatic carbocycles. The number of thioether (sulfide) groups is 1. The predicted octanol–water partition coefficient (Wildman–Crippen LogP) is 1.46. The van der Waals surface area contributed by atoms with E-state index in [-0.39, 0.29) is 5.84 Å². The molecule has 0 spiro atoms. The second-order valence-corrected chi connectivity index (χ2v) is 4.06. The van der Waals surface area contributed by atoms with Gasteiger partial charge in [-0.3, -0.25) is 5.41 Å². The number of rotatable bonds is 2. The molecular weight excluding hydrogens is 178 g/mol. The Labute approximate surface area is 73.5 Å². The Bertz CT molecular complexity index is 279. The quantitative estimate of drug-likeness (QED) is 0.418. The predicted molar refractivity (Wildman–Crippen MR) is 49.6 cm³/mol. The summed E-state index contributed by atoms with van der Waals surface area (Å²) < 4.78 is 0.965. The van der Waals surface area contributed by atoms with Crippen molar-refractivity contribution in [3.63, 3.8) is 0 Å². The molecule has 0 aromatic carbocycles. The first-order chi connectivity index (χ1) is 5.15. The average molecular weight is 187 g/mol. The summed E-state index contributed by atoms with van der Waals surface area (Å²) in [5.41, 5.74) is 6.18. The van der Waals surface area contributed by atoms with Crippen LogP contribution in [0.15, 0.2) is 4.34 Å². The van der Waals surface area contributed by atoms with E-state index in [9.17, 15) is 0 Å². The molecule has 3 nitrogen and oxygen atoms in total. The highest BCUT2D eigenvalue weighted by molar-refractivity contribution is 8.00. The third-order valence-electron chi connectivity index (χ3n) is 1.20. The molecule has 3 N–H and O–H groups in total. The van der Waals surface area contributed by atoms with Crippen LogP contribution in [0.2, 0.25) is 0 Å². The van der Waals surface area contributed by atoms with Gasteiger partial charge in [0, 0.05) is 0 Å². The first kappa shape index (κ1) is 8.55. The van der Waals surface area contributed by atoms with Gasteiger partial charge in [-0.25, -0.2) is 4.98 Å². The summed E-state index contributed by atoms with van der Waals surface area (Å²) in [7, 11) is 0. The number of aryl methyl sites for hydroxylation is 1.